The van der Waals surface area contributed by atoms with Crippen LogP contribution in [0.2, 0.25) is 0 Å². The van der Waals surface area contributed by atoms with E-state index < -0.39 is 0 Å². The van der Waals surface area contributed by atoms with Crippen molar-refractivity contribution in [3.8, 4) is 44.9 Å². The lowest BCUT2D eigenvalue weighted by molar-refractivity contribution is 0.488. The third-order valence-electron chi connectivity index (χ3n) is 10.4. The molecule has 0 spiro atoms. The highest BCUT2D eigenvalue weighted by Crippen LogP contribution is 2.54. The van der Waals surface area contributed by atoms with Gasteiger partial charge in [-0.2, -0.15) is 0 Å². The summed E-state index contributed by atoms with van der Waals surface area (Å²) in [6, 6.07) is 77.3. The van der Waals surface area contributed by atoms with Crippen molar-refractivity contribution in [3.63, 3.8) is 0 Å². The van der Waals surface area contributed by atoms with Gasteiger partial charge in [-0.05, 0) is 106 Å². The van der Waals surface area contributed by atoms with Crippen molar-refractivity contribution < 1.29 is 4.74 Å². The van der Waals surface area contributed by atoms with Gasteiger partial charge in [-0.1, -0.05) is 146 Å². The molecule has 10 rings (SSSR count). The van der Waals surface area contributed by atoms with Crippen LogP contribution in [-0.2, 0) is 0 Å². The molecule has 0 N–H and O–H groups in total. The van der Waals surface area contributed by atoms with E-state index in [0.29, 0.717) is 0 Å². The summed E-state index contributed by atoms with van der Waals surface area (Å²) in [5.41, 5.74) is 13.3. The monoisotopic (exact) mass is 704 g/mol. The van der Waals surface area contributed by atoms with Gasteiger partial charge in [0.1, 0.15) is 5.75 Å². The average Bonchev–Trinajstić information content (AvgIpc) is 3.27. The van der Waals surface area contributed by atoms with Crippen LogP contribution in [0.25, 0.3) is 44.2 Å². The first-order valence-corrected chi connectivity index (χ1v) is 18.7. The van der Waals surface area contributed by atoms with Gasteiger partial charge in [0.25, 0.3) is 0 Å². The van der Waals surface area contributed by atoms with E-state index in [1.807, 2.05) is 0 Å². The molecule has 1 aliphatic heterocycles. The maximum atomic E-state index is 7.02. The molecule has 3 nitrogen and oxygen atoms in total. The predicted molar refractivity (Wildman–Crippen MR) is 230 cm³/mol. The molecule has 0 saturated heterocycles. The highest BCUT2D eigenvalue weighted by Gasteiger charge is 2.27. The molecule has 260 valence electrons. The fourth-order valence-electron chi connectivity index (χ4n) is 7.80. The van der Waals surface area contributed by atoms with Crippen LogP contribution in [0, 0.1) is 0 Å². The molecule has 0 amide bonds. The lowest BCUT2D eigenvalue weighted by Crippen LogP contribution is -2.13. The molecular formula is C52H36N2O. The van der Waals surface area contributed by atoms with E-state index in [1.54, 1.807) is 0 Å². The Morgan fingerprint density at radius 1 is 0.309 bits per heavy atom. The van der Waals surface area contributed by atoms with Crippen molar-refractivity contribution in [2.24, 2.45) is 0 Å². The molecule has 0 bridgehead atoms. The summed E-state index contributed by atoms with van der Waals surface area (Å²) >= 11 is 0. The number of ether oxygens (including phenoxy) is 1. The molecule has 0 fully saturated rings. The second kappa shape index (κ2) is 13.9. The molecule has 55 heavy (non-hydrogen) atoms. The molecule has 0 radical (unpaired) electrons. The minimum atomic E-state index is 0.830. The van der Waals surface area contributed by atoms with Crippen LogP contribution in [0.4, 0.5) is 34.1 Å². The van der Waals surface area contributed by atoms with Crippen molar-refractivity contribution >= 4 is 44.9 Å². The third-order valence-corrected chi connectivity index (χ3v) is 10.4. The Morgan fingerprint density at radius 3 is 1.33 bits per heavy atom. The van der Waals surface area contributed by atoms with Crippen molar-refractivity contribution in [2.45, 2.75) is 0 Å². The van der Waals surface area contributed by atoms with Crippen LogP contribution in [0.15, 0.2) is 218 Å². The molecule has 1 aliphatic rings. The van der Waals surface area contributed by atoms with Gasteiger partial charge in [0.15, 0.2) is 5.75 Å². The van der Waals surface area contributed by atoms with E-state index in [9.17, 15) is 0 Å². The van der Waals surface area contributed by atoms with E-state index in [1.165, 1.54) is 22.3 Å². The number of nitrogens with zero attached hydrogens (tertiary/aromatic N) is 2. The Hall–Kier alpha value is -7.36. The minimum absolute atomic E-state index is 0.830. The van der Waals surface area contributed by atoms with Gasteiger partial charge in [-0.25, -0.2) is 0 Å². The van der Waals surface area contributed by atoms with Gasteiger partial charge in [0, 0.05) is 39.4 Å². The highest BCUT2D eigenvalue weighted by atomic mass is 16.5. The summed E-state index contributed by atoms with van der Waals surface area (Å²) in [5, 5.41) is 2.24. The summed E-state index contributed by atoms with van der Waals surface area (Å²) in [5.74, 6) is 1.68. The van der Waals surface area contributed by atoms with Gasteiger partial charge in [-0.3, -0.25) is 0 Å². The zero-order valence-corrected chi connectivity index (χ0v) is 30.1. The number of para-hydroxylation sites is 2. The van der Waals surface area contributed by atoms with Gasteiger partial charge in [-0.15, -0.1) is 0 Å². The number of hydrogen-bond donors (Lipinski definition) is 0. The molecule has 9 aromatic rings. The number of anilines is 6. The van der Waals surface area contributed by atoms with Crippen LogP contribution < -0.4 is 14.5 Å². The summed E-state index contributed by atoms with van der Waals surface area (Å²) in [6.07, 6.45) is 0. The van der Waals surface area contributed by atoms with Gasteiger partial charge < -0.3 is 14.5 Å². The molecule has 0 aliphatic carbocycles. The topological polar surface area (TPSA) is 15.7 Å². The van der Waals surface area contributed by atoms with Gasteiger partial charge in [0.2, 0.25) is 0 Å². The molecule has 0 atom stereocenters. The second-order valence-corrected chi connectivity index (χ2v) is 13.8. The maximum absolute atomic E-state index is 7.02. The fourth-order valence-corrected chi connectivity index (χ4v) is 7.80. The molecule has 0 unspecified atom stereocenters. The normalized spacial score (nSPS) is 11.4. The zero-order valence-electron chi connectivity index (χ0n) is 30.1. The van der Waals surface area contributed by atoms with E-state index in [-0.39, 0.29) is 0 Å². The molecular weight excluding hydrogens is 669 g/mol. The fraction of sp³-hybridized carbons (Fsp3) is 0. The quantitative estimate of drug-likeness (QED) is 0.157. The first kappa shape index (κ1) is 32.3. The maximum Gasteiger partial charge on any atom is 0.159 e. The molecule has 1 heterocycles. The Balaban J connectivity index is 1.11. The van der Waals surface area contributed by atoms with Crippen molar-refractivity contribution in [1.29, 1.82) is 0 Å². The second-order valence-electron chi connectivity index (χ2n) is 13.8. The number of rotatable bonds is 8. The van der Waals surface area contributed by atoms with E-state index in [2.05, 4.69) is 228 Å². The van der Waals surface area contributed by atoms with Crippen molar-refractivity contribution in [3.05, 3.63) is 218 Å². The summed E-state index contributed by atoms with van der Waals surface area (Å²) in [6.45, 7) is 0. The first-order valence-electron chi connectivity index (χ1n) is 18.7. The van der Waals surface area contributed by atoms with Crippen molar-refractivity contribution in [1.82, 2.24) is 0 Å². The van der Waals surface area contributed by atoms with Crippen LogP contribution in [0.3, 0.4) is 0 Å². The van der Waals surface area contributed by atoms with Gasteiger partial charge >= 0.3 is 0 Å². The first-order chi connectivity index (χ1) is 27.3. The minimum Gasteiger partial charge on any atom is -0.454 e. The zero-order chi connectivity index (χ0) is 36.6. The third kappa shape index (κ3) is 5.98. The molecule has 0 saturated carbocycles. The Kier molecular flexibility index (Phi) is 8.16. The Labute approximate surface area is 321 Å². The number of fused-ring (bicyclic) bond motifs is 2. The summed E-state index contributed by atoms with van der Waals surface area (Å²) < 4.78 is 7.02. The molecule has 9 aromatic carbocycles. The predicted octanol–water partition coefficient (Wildman–Crippen LogP) is 14.9. The Bertz CT molecular complexity index is 2630. The molecule has 0 aromatic heterocycles. The number of benzene rings is 9. The summed E-state index contributed by atoms with van der Waals surface area (Å²) in [7, 11) is 0. The van der Waals surface area contributed by atoms with E-state index >= 15 is 0 Å². The van der Waals surface area contributed by atoms with E-state index in [4.69, 9.17) is 4.74 Å². The van der Waals surface area contributed by atoms with Gasteiger partial charge in [0.05, 0.1) is 5.69 Å². The van der Waals surface area contributed by atoms with Crippen LogP contribution in [0.1, 0.15) is 0 Å². The highest BCUT2D eigenvalue weighted by molar-refractivity contribution is 6.08. The largest absolute Gasteiger partial charge is 0.454 e. The van der Waals surface area contributed by atoms with Crippen molar-refractivity contribution in [2.75, 3.05) is 9.80 Å². The lowest BCUT2D eigenvalue weighted by Gasteiger charge is -2.31. The standard InChI is InChI=1S/C52H36N2O/c1-5-14-37(15-6-1)39-24-29-44(30-25-39)53(45-31-26-40(27-32-45)38-16-7-2-8-17-38)46-33-35-50-48(36-46)47-23-13-18-41-28-34-49(52(55-50)51(41)47)54(42-19-9-3-10-20-42)43-21-11-4-12-22-43/h1-36H. The summed E-state index contributed by atoms with van der Waals surface area (Å²) in [4.78, 5) is 4.62. The lowest BCUT2D eigenvalue weighted by atomic mass is 9.93. The smallest absolute Gasteiger partial charge is 0.159 e. The van der Waals surface area contributed by atoms with Crippen LogP contribution in [-0.4, -0.2) is 0 Å². The molecule has 3 heteroatoms. The Morgan fingerprint density at radius 2 is 0.782 bits per heavy atom. The van der Waals surface area contributed by atoms with E-state index in [0.717, 1.165) is 67.5 Å². The SMILES string of the molecule is c1ccc(-c2ccc(N(c3ccc(-c4ccccc4)cc3)c3ccc4c(c3)-c3cccc5ccc(N(c6ccccc6)c6ccccc6)c(c35)O4)cc2)cc1. The average molecular weight is 705 g/mol. The van der Waals surface area contributed by atoms with Crippen LogP contribution in [0.5, 0.6) is 11.5 Å². The number of hydrogen-bond acceptors (Lipinski definition) is 3. The van der Waals surface area contributed by atoms with Crippen LogP contribution >= 0.6 is 0 Å².